The summed E-state index contributed by atoms with van der Waals surface area (Å²) in [7, 11) is 1.50. The van der Waals surface area contributed by atoms with E-state index in [-0.39, 0.29) is 6.54 Å². The number of aliphatic carboxylic acids is 1. The van der Waals surface area contributed by atoms with Crippen molar-refractivity contribution in [3.63, 3.8) is 0 Å². The molecule has 0 fully saturated rings. The van der Waals surface area contributed by atoms with Gasteiger partial charge in [0.05, 0.1) is 18.1 Å². The second-order valence-corrected chi connectivity index (χ2v) is 4.27. The van der Waals surface area contributed by atoms with Crippen molar-refractivity contribution < 1.29 is 24.5 Å². The van der Waals surface area contributed by atoms with E-state index in [0.29, 0.717) is 15.8 Å². The summed E-state index contributed by atoms with van der Waals surface area (Å²) in [6.07, 6.45) is -1.62. The average Bonchev–Trinajstić information content (AvgIpc) is 2.35. The number of aliphatic hydroxyl groups excluding tert-OH is 1. The van der Waals surface area contributed by atoms with Crippen molar-refractivity contribution >= 4 is 27.8 Å². The van der Waals surface area contributed by atoms with Gasteiger partial charge in [0, 0.05) is 5.56 Å². The van der Waals surface area contributed by atoms with E-state index >= 15 is 0 Å². The van der Waals surface area contributed by atoms with Crippen molar-refractivity contribution in [2.24, 2.45) is 0 Å². The predicted octanol–water partition coefficient (Wildman–Crippen LogP) is 0.633. The summed E-state index contributed by atoms with van der Waals surface area (Å²) >= 11 is 3.23. The van der Waals surface area contributed by atoms with Gasteiger partial charge >= 0.3 is 5.97 Å². The molecule has 0 saturated heterocycles. The number of methoxy groups -OCH3 is 1. The number of carbonyl (C=O) groups is 2. The molecule has 1 unspecified atom stereocenters. The second-order valence-electron chi connectivity index (χ2n) is 3.41. The van der Waals surface area contributed by atoms with Crippen LogP contribution in [0.2, 0.25) is 0 Å². The van der Waals surface area contributed by atoms with E-state index in [0.717, 1.165) is 0 Å². The first kappa shape index (κ1) is 14.5. The van der Waals surface area contributed by atoms with E-state index in [9.17, 15) is 9.59 Å². The molecule has 0 aliphatic rings. The molecule has 0 radical (unpaired) electrons. The molecule has 1 amide bonds. The first-order chi connectivity index (χ1) is 8.45. The zero-order valence-corrected chi connectivity index (χ0v) is 11.1. The molecule has 0 aliphatic heterocycles. The van der Waals surface area contributed by atoms with Crippen LogP contribution in [0, 0.1) is 0 Å². The Morgan fingerprint density at radius 1 is 1.50 bits per heavy atom. The third-order valence-electron chi connectivity index (χ3n) is 2.16. The van der Waals surface area contributed by atoms with Crippen molar-refractivity contribution in [1.29, 1.82) is 0 Å². The maximum absolute atomic E-state index is 11.6. The van der Waals surface area contributed by atoms with E-state index in [1.807, 2.05) is 0 Å². The van der Waals surface area contributed by atoms with Crippen LogP contribution in [0.3, 0.4) is 0 Å². The molecule has 0 saturated carbocycles. The van der Waals surface area contributed by atoms with Gasteiger partial charge in [-0.2, -0.15) is 0 Å². The SMILES string of the molecule is COc1ccc(C(=O)NCC(O)C(=O)O)cc1Br. The second kappa shape index (κ2) is 6.36. The topological polar surface area (TPSA) is 95.9 Å². The molecule has 1 aromatic rings. The Hall–Kier alpha value is -1.60. The molecule has 7 heteroatoms. The van der Waals surface area contributed by atoms with Crippen LogP contribution < -0.4 is 10.1 Å². The highest BCUT2D eigenvalue weighted by atomic mass is 79.9. The maximum Gasteiger partial charge on any atom is 0.334 e. The average molecular weight is 318 g/mol. The number of aliphatic hydroxyl groups is 1. The van der Waals surface area contributed by atoms with Gasteiger partial charge < -0.3 is 20.3 Å². The smallest absolute Gasteiger partial charge is 0.334 e. The molecular weight excluding hydrogens is 306 g/mol. The normalized spacial score (nSPS) is 11.7. The van der Waals surface area contributed by atoms with Crippen LogP contribution in [0.1, 0.15) is 10.4 Å². The Bertz CT molecular complexity index is 463. The third-order valence-corrected chi connectivity index (χ3v) is 2.77. The first-order valence-electron chi connectivity index (χ1n) is 4.98. The van der Waals surface area contributed by atoms with Gasteiger partial charge in [-0.3, -0.25) is 4.79 Å². The van der Waals surface area contributed by atoms with Gasteiger partial charge in [0.25, 0.3) is 5.91 Å². The van der Waals surface area contributed by atoms with Gasteiger partial charge in [-0.1, -0.05) is 0 Å². The van der Waals surface area contributed by atoms with Crippen LogP contribution in [0.15, 0.2) is 22.7 Å². The summed E-state index contributed by atoms with van der Waals surface area (Å²) in [4.78, 5) is 22.0. The van der Waals surface area contributed by atoms with E-state index in [1.54, 1.807) is 12.1 Å². The fraction of sp³-hybridized carbons (Fsp3) is 0.273. The van der Waals surface area contributed by atoms with Crippen molar-refractivity contribution in [1.82, 2.24) is 5.32 Å². The van der Waals surface area contributed by atoms with E-state index in [1.165, 1.54) is 13.2 Å². The number of benzene rings is 1. The molecule has 0 aliphatic carbocycles. The minimum absolute atomic E-state index is 0.334. The van der Waals surface area contributed by atoms with E-state index in [4.69, 9.17) is 14.9 Å². The summed E-state index contributed by atoms with van der Waals surface area (Å²) in [5.41, 5.74) is 0.334. The Labute approximate surface area is 112 Å². The zero-order valence-electron chi connectivity index (χ0n) is 9.51. The number of hydrogen-bond acceptors (Lipinski definition) is 4. The van der Waals surface area contributed by atoms with Gasteiger partial charge in [-0.15, -0.1) is 0 Å². The van der Waals surface area contributed by atoms with Crippen LogP contribution in [0.5, 0.6) is 5.75 Å². The zero-order chi connectivity index (χ0) is 13.7. The molecule has 1 atom stereocenters. The van der Waals surface area contributed by atoms with Gasteiger partial charge in [0.1, 0.15) is 5.75 Å². The van der Waals surface area contributed by atoms with Crippen molar-refractivity contribution in [2.45, 2.75) is 6.10 Å². The fourth-order valence-electron chi connectivity index (χ4n) is 1.19. The summed E-state index contributed by atoms with van der Waals surface area (Å²) in [6, 6.07) is 4.68. The molecular formula is C11H12BrNO5. The predicted molar refractivity (Wildman–Crippen MR) is 66.7 cm³/mol. The molecule has 0 spiro atoms. The van der Waals surface area contributed by atoms with Gasteiger partial charge in [-0.25, -0.2) is 4.79 Å². The van der Waals surface area contributed by atoms with E-state index < -0.39 is 18.0 Å². The summed E-state index contributed by atoms with van der Waals surface area (Å²) in [6.45, 7) is -0.349. The van der Waals surface area contributed by atoms with Gasteiger partial charge in [0.15, 0.2) is 6.10 Å². The molecule has 0 bridgehead atoms. The lowest BCUT2D eigenvalue weighted by Crippen LogP contribution is -2.36. The number of ether oxygens (including phenoxy) is 1. The molecule has 0 aromatic heterocycles. The molecule has 1 aromatic carbocycles. The molecule has 0 heterocycles. The number of nitrogens with one attached hydrogen (secondary N) is 1. The monoisotopic (exact) mass is 317 g/mol. The standard InChI is InChI=1S/C11H12BrNO5/c1-18-9-3-2-6(4-7(9)12)10(15)13-5-8(14)11(16)17/h2-4,8,14H,5H2,1H3,(H,13,15)(H,16,17). The van der Waals surface area contributed by atoms with Crippen LogP contribution >= 0.6 is 15.9 Å². The molecule has 6 nitrogen and oxygen atoms in total. The molecule has 3 N–H and O–H groups in total. The Balaban J connectivity index is 2.67. The fourth-order valence-corrected chi connectivity index (χ4v) is 1.73. The number of carboxylic acid groups (broad SMARTS) is 1. The third kappa shape index (κ3) is 3.71. The molecule has 98 valence electrons. The highest BCUT2D eigenvalue weighted by molar-refractivity contribution is 9.10. The lowest BCUT2D eigenvalue weighted by Gasteiger charge is -2.09. The highest BCUT2D eigenvalue weighted by Gasteiger charge is 2.15. The largest absolute Gasteiger partial charge is 0.496 e. The number of carbonyl (C=O) groups excluding carboxylic acids is 1. The Morgan fingerprint density at radius 2 is 2.17 bits per heavy atom. The summed E-state index contributed by atoms with van der Waals surface area (Å²) < 4.78 is 5.62. The van der Waals surface area contributed by atoms with Crippen LogP contribution in [-0.4, -0.2) is 41.8 Å². The van der Waals surface area contributed by atoms with Crippen LogP contribution in [-0.2, 0) is 4.79 Å². The van der Waals surface area contributed by atoms with Crippen LogP contribution in [0.25, 0.3) is 0 Å². The Kier molecular flexibility index (Phi) is 5.11. The van der Waals surface area contributed by atoms with Crippen LogP contribution in [0.4, 0.5) is 0 Å². The minimum Gasteiger partial charge on any atom is -0.496 e. The number of carboxylic acids is 1. The number of rotatable bonds is 5. The minimum atomic E-state index is -1.62. The molecule has 18 heavy (non-hydrogen) atoms. The van der Waals surface area contributed by atoms with Crippen molar-refractivity contribution in [2.75, 3.05) is 13.7 Å². The van der Waals surface area contributed by atoms with Crippen molar-refractivity contribution in [3.8, 4) is 5.75 Å². The Morgan fingerprint density at radius 3 is 2.67 bits per heavy atom. The molecule has 1 rings (SSSR count). The van der Waals surface area contributed by atoms with Gasteiger partial charge in [0.2, 0.25) is 0 Å². The highest BCUT2D eigenvalue weighted by Crippen LogP contribution is 2.25. The first-order valence-corrected chi connectivity index (χ1v) is 5.77. The lowest BCUT2D eigenvalue weighted by molar-refractivity contribution is -0.146. The van der Waals surface area contributed by atoms with Gasteiger partial charge in [-0.05, 0) is 34.1 Å². The maximum atomic E-state index is 11.6. The summed E-state index contributed by atoms with van der Waals surface area (Å²) in [5, 5.41) is 19.8. The number of halogens is 1. The number of amides is 1. The van der Waals surface area contributed by atoms with Crippen molar-refractivity contribution in [3.05, 3.63) is 28.2 Å². The summed E-state index contributed by atoms with van der Waals surface area (Å²) in [5.74, 6) is -1.28. The quantitative estimate of drug-likeness (QED) is 0.740. The number of hydrogen-bond donors (Lipinski definition) is 3. The van der Waals surface area contributed by atoms with E-state index in [2.05, 4.69) is 21.2 Å². The lowest BCUT2D eigenvalue weighted by atomic mass is 10.2.